The molecule has 2 aromatic rings. The Morgan fingerprint density at radius 2 is 1.85 bits per heavy atom. The Morgan fingerprint density at radius 1 is 1.12 bits per heavy atom. The van der Waals surface area contributed by atoms with E-state index < -0.39 is 5.97 Å². The first-order valence-electron chi connectivity index (χ1n) is 8.10. The van der Waals surface area contributed by atoms with Crippen LogP contribution >= 0.6 is 0 Å². The summed E-state index contributed by atoms with van der Waals surface area (Å²) >= 11 is 0. The van der Waals surface area contributed by atoms with Gasteiger partial charge in [-0.1, -0.05) is 0 Å². The Kier molecular flexibility index (Phi) is 6.90. The lowest BCUT2D eigenvalue weighted by Crippen LogP contribution is -2.37. The molecule has 8 heteroatoms. The Balaban J connectivity index is 1.83. The van der Waals surface area contributed by atoms with Crippen molar-refractivity contribution in [3.8, 4) is 22.9 Å². The summed E-state index contributed by atoms with van der Waals surface area (Å²) in [5.74, 6) is -0.226. The Morgan fingerprint density at radius 3 is 2.42 bits per heavy atom. The van der Waals surface area contributed by atoms with Crippen molar-refractivity contribution in [2.24, 2.45) is 0 Å². The first kappa shape index (κ1) is 19.2. The smallest absolute Gasteiger partial charge is 0.303 e. The number of amides is 1. The molecule has 1 heterocycles. The summed E-state index contributed by atoms with van der Waals surface area (Å²) in [5, 5.41) is 19.4. The zero-order valence-corrected chi connectivity index (χ0v) is 14.6. The van der Waals surface area contributed by atoms with Crippen molar-refractivity contribution in [1.82, 2.24) is 15.5 Å². The highest BCUT2D eigenvalue weighted by Crippen LogP contribution is 2.21. The number of benzene rings is 1. The molecule has 0 fully saturated rings. The zero-order chi connectivity index (χ0) is 18.9. The van der Waals surface area contributed by atoms with E-state index >= 15 is 0 Å². The van der Waals surface area contributed by atoms with Gasteiger partial charge in [0, 0.05) is 18.1 Å². The second-order valence-corrected chi connectivity index (χ2v) is 5.66. The molecule has 0 saturated carbocycles. The minimum atomic E-state index is -1.00. The predicted molar refractivity (Wildman–Crippen MR) is 94.0 cm³/mol. The summed E-state index contributed by atoms with van der Waals surface area (Å²) in [4.78, 5) is 22.0. The SMILES string of the molecule is COc1ccc(-c2ccc(OC[C@H](C)NC(=O)CCC(=O)O)nn2)cc1. The summed E-state index contributed by atoms with van der Waals surface area (Å²) in [6.45, 7) is 1.97. The molecule has 1 aromatic carbocycles. The Hall–Kier alpha value is -3.16. The lowest BCUT2D eigenvalue weighted by molar-refractivity contribution is -0.138. The molecular formula is C18H21N3O5. The molecular weight excluding hydrogens is 338 g/mol. The highest BCUT2D eigenvalue weighted by Gasteiger charge is 2.10. The summed E-state index contributed by atoms with van der Waals surface area (Å²) in [6.07, 6.45) is -0.256. The fourth-order valence-corrected chi connectivity index (χ4v) is 2.13. The maximum atomic E-state index is 11.5. The number of carboxylic acid groups (broad SMARTS) is 1. The van der Waals surface area contributed by atoms with Crippen molar-refractivity contribution in [2.75, 3.05) is 13.7 Å². The van der Waals surface area contributed by atoms with Gasteiger partial charge < -0.3 is 19.9 Å². The molecule has 1 atom stereocenters. The van der Waals surface area contributed by atoms with Gasteiger partial charge in [0.25, 0.3) is 0 Å². The average Bonchev–Trinajstić information content (AvgIpc) is 2.65. The number of nitrogens with zero attached hydrogens (tertiary/aromatic N) is 2. The Labute approximate surface area is 151 Å². The first-order chi connectivity index (χ1) is 12.5. The molecule has 0 radical (unpaired) electrons. The van der Waals surface area contributed by atoms with Crippen LogP contribution in [0.4, 0.5) is 0 Å². The molecule has 0 aliphatic carbocycles. The molecule has 0 saturated heterocycles. The number of aromatic nitrogens is 2. The number of rotatable bonds is 9. The van der Waals surface area contributed by atoms with Gasteiger partial charge in [-0.05, 0) is 37.3 Å². The molecule has 0 bridgehead atoms. The molecule has 2 N–H and O–H groups in total. The Bertz CT molecular complexity index is 731. The average molecular weight is 359 g/mol. The monoisotopic (exact) mass is 359 g/mol. The first-order valence-corrected chi connectivity index (χ1v) is 8.10. The summed E-state index contributed by atoms with van der Waals surface area (Å²) < 4.78 is 10.6. The molecule has 1 aromatic heterocycles. The minimum absolute atomic E-state index is 0.0595. The minimum Gasteiger partial charge on any atom is -0.497 e. The van der Waals surface area contributed by atoms with Crippen molar-refractivity contribution < 1.29 is 24.2 Å². The van der Waals surface area contributed by atoms with Crippen molar-refractivity contribution in [3.05, 3.63) is 36.4 Å². The normalized spacial score (nSPS) is 11.5. The van der Waals surface area contributed by atoms with Crippen LogP contribution in [0.5, 0.6) is 11.6 Å². The number of ether oxygens (including phenoxy) is 2. The number of carboxylic acids is 1. The van der Waals surface area contributed by atoms with Gasteiger partial charge in [0.15, 0.2) is 0 Å². The van der Waals surface area contributed by atoms with E-state index in [1.165, 1.54) is 0 Å². The van der Waals surface area contributed by atoms with E-state index in [2.05, 4.69) is 15.5 Å². The number of aliphatic carboxylic acids is 1. The van der Waals surface area contributed by atoms with Crippen molar-refractivity contribution >= 4 is 11.9 Å². The van der Waals surface area contributed by atoms with Crippen LogP contribution in [0, 0.1) is 0 Å². The van der Waals surface area contributed by atoms with Gasteiger partial charge in [-0.25, -0.2) is 0 Å². The topological polar surface area (TPSA) is 111 Å². The molecule has 0 spiro atoms. The fraction of sp³-hybridized carbons (Fsp3) is 0.333. The quantitative estimate of drug-likeness (QED) is 0.703. The molecule has 0 unspecified atom stereocenters. The summed E-state index contributed by atoms with van der Waals surface area (Å²) in [6, 6.07) is 10.7. The largest absolute Gasteiger partial charge is 0.497 e. The number of carbonyl (C=O) groups is 2. The third kappa shape index (κ3) is 6.04. The zero-order valence-electron chi connectivity index (χ0n) is 14.6. The number of methoxy groups -OCH3 is 1. The van der Waals surface area contributed by atoms with Crippen LogP contribution in [-0.4, -0.2) is 46.9 Å². The van der Waals surface area contributed by atoms with Gasteiger partial charge in [-0.15, -0.1) is 10.2 Å². The lowest BCUT2D eigenvalue weighted by Gasteiger charge is -2.14. The van der Waals surface area contributed by atoms with Crippen LogP contribution in [0.1, 0.15) is 19.8 Å². The molecule has 138 valence electrons. The van der Waals surface area contributed by atoms with Gasteiger partial charge >= 0.3 is 5.97 Å². The maximum absolute atomic E-state index is 11.5. The molecule has 2 rings (SSSR count). The van der Waals surface area contributed by atoms with Crippen LogP contribution in [0.3, 0.4) is 0 Å². The third-order valence-electron chi connectivity index (χ3n) is 3.48. The number of carbonyl (C=O) groups excluding carboxylic acids is 1. The molecule has 0 aliphatic heterocycles. The van der Waals surface area contributed by atoms with Crippen LogP contribution in [0.2, 0.25) is 0 Å². The van der Waals surface area contributed by atoms with Crippen molar-refractivity contribution in [3.63, 3.8) is 0 Å². The lowest BCUT2D eigenvalue weighted by atomic mass is 10.1. The number of hydrogen-bond acceptors (Lipinski definition) is 6. The second-order valence-electron chi connectivity index (χ2n) is 5.66. The third-order valence-corrected chi connectivity index (χ3v) is 3.48. The van der Waals surface area contributed by atoms with E-state index in [9.17, 15) is 9.59 Å². The second kappa shape index (κ2) is 9.36. The number of hydrogen-bond donors (Lipinski definition) is 2. The predicted octanol–water partition coefficient (Wildman–Crippen LogP) is 1.90. The van der Waals surface area contributed by atoms with Gasteiger partial charge in [-0.2, -0.15) is 0 Å². The van der Waals surface area contributed by atoms with E-state index in [1.54, 1.807) is 26.2 Å². The van der Waals surface area contributed by atoms with Crippen molar-refractivity contribution in [2.45, 2.75) is 25.8 Å². The maximum Gasteiger partial charge on any atom is 0.303 e. The van der Waals surface area contributed by atoms with E-state index in [0.29, 0.717) is 11.6 Å². The summed E-state index contributed by atoms with van der Waals surface area (Å²) in [5.41, 5.74) is 1.61. The fourth-order valence-electron chi connectivity index (χ4n) is 2.13. The van der Waals surface area contributed by atoms with Crippen LogP contribution in [-0.2, 0) is 9.59 Å². The molecule has 0 aliphatic rings. The highest BCUT2D eigenvalue weighted by atomic mass is 16.5. The van der Waals surface area contributed by atoms with Gasteiger partial charge in [0.1, 0.15) is 12.4 Å². The standard InChI is InChI=1S/C18H21N3O5/c1-12(19-16(22)8-10-18(23)24)11-26-17-9-7-15(20-21-17)13-3-5-14(25-2)6-4-13/h3-7,9,12H,8,10-11H2,1-2H3,(H,19,22)(H,23,24)/t12-/m0/s1. The van der Waals surface area contributed by atoms with Crippen LogP contribution in [0.25, 0.3) is 11.3 Å². The molecule has 8 nitrogen and oxygen atoms in total. The van der Waals surface area contributed by atoms with E-state index in [-0.39, 0.29) is 31.4 Å². The summed E-state index contributed by atoms with van der Waals surface area (Å²) in [7, 11) is 1.61. The van der Waals surface area contributed by atoms with Crippen molar-refractivity contribution in [1.29, 1.82) is 0 Å². The van der Waals surface area contributed by atoms with E-state index in [1.807, 2.05) is 24.3 Å². The van der Waals surface area contributed by atoms with Crippen LogP contribution in [0.15, 0.2) is 36.4 Å². The van der Waals surface area contributed by atoms with Gasteiger partial charge in [0.05, 0.1) is 25.3 Å². The molecule has 1 amide bonds. The molecule has 26 heavy (non-hydrogen) atoms. The van der Waals surface area contributed by atoms with Gasteiger partial charge in [-0.3, -0.25) is 9.59 Å². The van der Waals surface area contributed by atoms with E-state index in [0.717, 1.165) is 11.3 Å². The van der Waals surface area contributed by atoms with Crippen LogP contribution < -0.4 is 14.8 Å². The van der Waals surface area contributed by atoms with Gasteiger partial charge in [0.2, 0.25) is 11.8 Å². The highest BCUT2D eigenvalue weighted by molar-refractivity contribution is 5.80. The van der Waals surface area contributed by atoms with E-state index in [4.69, 9.17) is 14.6 Å². The number of nitrogens with one attached hydrogen (secondary N) is 1.